The van der Waals surface area contributed by atoms with Crippen LogP contribution >= 0.6 is 0 Å². The number of fused-ring (bicyclic) bond motifs is 1. The average molecular weight is 474 g/mol. The topological polar surface area (TPSA) is 70.9 Å². The van der Waals surface area contributed by atoms with Crippen LogP contribution in [0.2, 0.25) is 0 Å². The van der Waals surface area contributed by atoms with Crippen LogP contribution in [0.15, 0.2) is 48.5 Å². The molecule has 2 aliphatic heterocycles. The number of hydrogen-bond acceptors (Lipinski definition) is 5. The van der Waals surface area contributed by atoms with Gasteiger partial charge >= 0.3 is 0 Å². The zero-order valence-corrected chi connectivity index (χ0v) is 20.5. The average Bonchev–Trinajstić information content (AvgIpc) is 3.23. The van der Waals surface area contributed by atoms with Crippen LogP contribution in [0, 0.1) is 0 Å². The van der Waals surface area contributed by atoms with E-state index in [0.29, 0.717) is 25.2 Å². The monoisotopic (exact) mass is 473 g/mol. The van der Waals surface area contributed by atoms with Gasteiger partial charge in [0.25, 0.3) is 5.91 Å². The van der Waals surface area contributed by atoms with E-state index in [1.54, 1.807) is 11.8 Å². The number of aromatic nitrogens is 2. The fraction of sp³-hybridized carbons (Fsp3) is 0.370. The van der Waals surface area contributed by atoms with Crippen molar-refractivity contribution in [1.82, 2.24) is 14.7 Å². The van der Waals surface area contributed by atoms with Gasteiger partial charge in [0.05, 0.1) is 18.5 Å². The third-order valence-electron chi connectivity index (χ3n) is 6.68. The van der Waals surface area contributed by atoms with Gasteiger partial charge < -0.3 is 19.4 Å². The summed E-state index contributed by atoms with van der Waals surface area (Å²) in [5.41, 5.74) is 5.07. The highest BCUT2D eigenvalue weighted by atomic mass is 16.5. The summed E-state index contributed by atoms with van der Waals surface area (Å²) in [4.78, 5) is 31.9. The standard InChI is InChI=1S/C27H31N5O3/c1-29(2)18-24-23-15-17-31(20-9-7-19(8-10-20)30-16-5-4-6-25(30)33)27(34)26(23)32(28-24)21-11-13-22(35-3)14-12-21/h7-14H,4-6,15-18H2,1-3H3. The Morgan fingerprint density at radius 1 is 0.857 bits per heavy atom. The van der Waals surface area contributed by atoms with E-state index in [9.17, 15) is 9.59 Å². The van der Waals surface area contributed by atoms with E-state index in [0.717, 1.165) is 59.9 Å². The van der Waals surface area contributed by atoms with Gasteiger partial charge in [0.2, 0.25) is 5.91 Å². The Hall–Kier alpha value is -3.65. The largest absolute Gasteiger partial charge is 0.497 e. The lowest BCUT2D eigenvalue weighted by molar-refractivity contribution is -0.119. The Bertz CT molecular complexity index is 1230. The molecule has 3 heterocycles. The second-order valence-electron chi connectivity index (χ2n) is 9.35. The van der Waals surface area contributed by atoms with Gasteiger partial charge in [-0.05, 0) is 81.9 Å². The summed E-state index contributed by atoms with van der Waals surface area (Å²) in [5.74, 6) is 0.851. The number of carbonyl (C=O) groups is 2. The van der Waals surface area contributed by atoms with E-state index in [1.165, 1.54) is 0 Å². The maximum Gasteiger partial charge on any atom is 0.277 e. The molecule has 2 amide bonds. The SMILES string of the molecule is COc1ccc(-n2nc(CN(C)C)c3c2C(=O)N(c2ccc(N4CCCCC4=O)cc2)CC3)cc1. The van der Waals surface area contributed by atoms with Crippen LogP contribution < -0.4 is 14.5 Å². The lowest BCUT2D eigenvalue weighted by Gasteiger charge is -2.30. The maximum atomic E-state index is 13.8. The van der Waals surface area contributed by atoms with E-state index in [2.05, 4.69) is 4.90 Å². The fourth-order valence-corrected chi connectivity index (χ4v) is 4.91. The predicted molar refractivity (Wildman–Crippen MR) is 136 cm³/mol. The Balaban J connectivity index is 1.48. The summed E-state index contributed by atoms with van der Waals surface area (Å²) in [6, 6.07) is 15.4. The number of carbonyl (C=O) groups excluding carboxylic acids is 2. The molecular formula is C27H31N5O3. The summed E-state index contributed by atoms with van der Waals surface area (Å²) in [6.45, 7) is 2.00. The molecule has 0 unspecified atom stereocenters. The van der Waals surface area contributed by atoms with Gasteiger partial charge in [0, 0.05) is 43.0 Å². The maximum absolute atomic E-state index is 13.8. The van der Waals surface area contributed by atoms with Crippen LogP contribution in [-0.2, 0) is 17.8 Å². The van der Waals surface area contributed by atoms with Gasteiger partial charge in [-0.2, -0.15) is 5.10 Å². The number of piperidine rings is 1. The fourth-order valence-electron chi connectivity index (χ4n) is 4.91. The minimum absolute atomic E-state index is 0.0682. The van der Waals surface area contributed by atoms with Crippen LogP contribution in [0.5, 0.6) is 5.75 Å². The smallest absolute Gasteiger partial charge is 0.277 e. The van der Waals surface area contributed by atoms with Crippen LogP contribution in [0.3, 0.4) is 0 Å². The highest BCUT2D eigenvalue weighted by Gasteiger charge is 2.33. The molecule has 182 valence electrons. The van der Waals surface area contributed by atoms with Crippen LogP contribution in [-0.4, -0.2) is 60.8 Å². The van der Waals surface area contributed by atoms with Gasteiger partial charge in [-0.25, -0.2) is 4.68 Å². The molecule has 0 atom stereocenters. The lowest BCUT2D eigenvalue weighted by atomic mass is 10.0. The van der Waals surface area contributed by atoms with Crippen LogP contribution in [0.4, 0.5) is 11.4 Å². The molecule has 3 aromatic rings. The summed E-state index contributed by atoms with van der Waals surface area (Å²) in [5, 5.41) is 4.86. The number of ether oxygens (including phenoxy) is 1. The Morgan fingerprint density at radius 3 is 2.14 bits per heavy atom. The number of amides is 2. The molecule has 0 aliphatic carbocycles. The molecule has 8 nitrogen and oxygen atoms in total. The molecule has 0 spiro atoms. The van der Waals surface area contributed by atoms with Crippen LogP contribution in [0.25, 0.3) is 5.69 Å². The van der Waals surface area contributed by atoms with E-state index in [4.69, 9.17) is 9.84 Å². The third kappa shape index (κ3) is 4.41. The molecule has 0 bridgehead atoms. The molecule has 8 heteroatoms. The number of nitrogens with zero attached hydrogens (tertiary/aromatic N) is 5. The first-order valence-electron chi connectivity index (χ1n) is 12.1. The number of methoxy groups -OCH3 is 1. The highest BCUT2D eigenvalue weighted by molar-refractivity contribution is 6.07. The summed E-state index contributed by atoms with van der Waals surface area (Å²) < 4.78 is 7.06. The second kappa shape index (κ2) is 9.54. The van der Waals surface area contributed by atoms with Crippen molar-refractivity contribution in [3.05, 3.63) is 65.5 Å². The minimum Gasteiger partial charge on any atom is -0.497 e. The molecule has 1 aromatic heterocycles. The Kier molecular flexibility index (Phi) is 6.30. The van der Waals surface area contributed by atoms with E-state index in [1.807, 2.05) is 72.4 Å². The zero-order valence-electron chi connectivity index (χ0n) is 20.5. The van der Waals surface area contributed by atoms with Gasteiger partial charge in [-0.15, -0.1) is 0 Å². The lowest BCUT2D eigenvalue weighted by Crippen LogP contribution is -2.39. The first-order chi connectivity index (χ1) is 17.0. The van der Waals surface area contributed by atoms with Gasteiger partial charge in [0.15, 0.2) is 0 Å². The van der Waals surface area contributed by atoms with Crippen molar-refractivity contribution >= 4 is 23.2 Å². The summed E-state index contributed by atoms with van der Waals surface area (Å²) >= 11 is 0. The first-order valence-corrected chi connectivity index (χ1v) is 12.1. The predicted octanol–water partition coefficient (Wildman–Crippen LogP) is 3.66. The Labute approximate surface area is 205 Å². The molecule has 1 fully saturated rings. The molecule has 0 N–H and O–H groups in total. The molecule has 0 radical (unpaired) electrons. The third-order valence-corrected chi connectivity index (χ3v) is 6.68. The number of benzene rings is 2. The van der Waals surface area contributed by atoms with E-state index in [-0.39, 0.29) is 11.8 Å². The normalized spacial score (nSPS) is 16.1. The van der Waals surface area contributed by atoms with Crippen molar-refractivity contribution in [1.29, 1.82) is 0 Å². The van der Waals surface area contributed by atoms with E-state index >= 15 is 0 Å². The van der Waals surface area contributed by atoms with Crippen molar-refractivity contribution in [3.63, 3.8) is 0 Å². The molecule has 2 aromatic carbocycles. The number of anilines is 2. The molecular weight excluding hydrogens is 442 g/mol. The molecule has 5 rings (SSSR count). The van der Waals surface area contributed by atoms with Crippen LogP contribution in [0.1, 0.15) is 41.0 Å². The Morgan fingerprint density at radius 2 is 1.51 bits per heavy atom. The molecule has 1 saturated heterocycles. The van der Waals surface area contributed by atoms with Crippen molar-refractivity contribution in [2.24, 2.45) is 0 Å². The van der Waals surface area contributed by atoms with Crippen molar-refractivity contribution in [2.75, 3.05) is 44.1 Å². The quantitative estimate of drug-likeness (QED) is 0.547. The van der Waals surface area contributed by atoms with Crippen molar-refractivity contribution in [3.8, 4) is 11.4 Å². The number of hydrogen-bond donors (Lipinski definition) is 0. The molecule has 2 aliphatic rings. The first kappa shape index (κ1) is 23.1. The molecule has 35 heavy (non-hydrogen) atoms. The van der Waals surface area contributed by atoms with Gasteiger partial charge in [0.1, 0.15) is 11.4 Å². The van der Waals surface area contributed by atoms with Crippen molar-refractivity contribution < 1.29 is 14.3 Å². The van der Waals surface area contributed by atoms with Gasteiger partial charge in [-0.3, -0.25) is 9.59 Å². The zero-order chi connectivity index (χ0) is 24.5. The second-order valence-corrected chi connectivity index (χ2v) is 9.35. The minimum atomic E-state index is -0.0682. The summed E-state index contributed by atoms with van der Waals surface area (Å²) in [7, 11) is 5.64. The number of rotatable bonds is 6. The van der Waals surface area contributed by atoms with E-state index < -0.39 is 0 Å². The van der Waals surface area contributed by atoms with Crippen molar-refractivity contribution in [2.45, 2.75) is 32.2 Å². The van der Waals surface area contributed by atoms with Gasteiger partial charge in [-0.1, -0.05) is 0 Å². The highest BCUT2D eigenvalue weighted by Crippen LogP contribution is 2.31. The molecule has 0 saturated carbocycles. The summed E-state index contributed by atoms with van der Waals surface area (Å²) in [6.07, 6.45) is 3.30.